The van der Waals surface area contributed by atoms with Crippen molar-refractivity contribution in [1.82, 2.24) is 0 Å². The molecule has 0 aromatic heterocycles. The molecule has 4 heteroatoms. The molecular weight excluding hydrogens is 677 g/mol. The molecule has 2 aliphatic rings. The summed E-state index contributed by atoms with van der Waals surface area (Å²) in [7, 11) is 4.52. The van der Waals surface area contributed by atoms with Crippen molar-refractivity contribution in [3.63, 3.8) is 0 Å². The van der Waals surface area contributed by atoms with Gasteiger partial charge in [0.05, 0.1) is 0 Å². The van der Waals surface area contributed by atoms with Gasteiger partial charge in [-0.2, -0.15) is 36.4 Å². The van der Waals surface area contributed by atoms with Gasteiger partial charge in [0, 0.05) is 0 Å². The van der Waals surface area contributed by atoms with Crippen LogP contribution >= 0.6 is 25.3 Å². The van der Waals surface area contributed by atoms with Crippen molar-refractivity contribution in [3.05, 3.63) is 60.7 Å². The van der Waals surface area contributed by atoms with Crippen LogP contribution in [0.2, 0.25) is 0 Å². The molecule has 2 aliphatic heterocycles. The molecule has 2 heterocycles. The molecule has 0 radical (unpaired) electrons. The second kappa shape index (κ2) is 16.4. The van der Waals surface area contributed by atoms with Crippen LogP contribution in [-0.4, -0.2) is 22.6 Å². The Kier molecular flexibility index (Phi) is 14.8. The fourth-order valence-corrected chi connectivity index (χ4v) is 14.9. The Balaban J connectivity index is 0.000000491. The van der Waals surface area contributed by atoms with E-state index in [0.717, 1.165) is 46.3 Å². The van der Waals surface area contributed by atoms with Crippen LogP contribution in [0, 0.1) is 29.7 Å². The van der Waals surface area contributed by atoms with E-state index in [0.29, 0.717) is 0 Å². The normalized spacial score (nSPS) is 24.8. The van der Waals surface area contributed by atoms with E-state index in [2.05, 4.69) is 95.1 Å². The Hall–Kier alpha value is 0.278. The maximum absolute atomic E-state index is 4.61. The van der Waals surface area contributed by atoms with Crippen LogP contribution in [0.3, 0.4) is 0 Å². The molecule has 4 atom stereocenters. The van der Waals surface area contributed by atoms with E-state index in [1.807, 2.05) is 40.9 Å². The van der Waals surface area contributed by atoms with Crippen LogP contribution in [0.15, 0.2) is 54.6 Å². The molecule has 2 fully saturated rings. The van der Waals surface area contributed by atoms with Crippen LogP contribution in [0.1, 0.15) is 81.1 Å². The van der Waals surface area contributed by atoms with Crippen molar-refractivity contribution in [1.29, 1.82) is 0 Å². The van der Waals surface area contributed by atoms with Gasteiger partial charge in [-0.05, 0) is 82.6 Å². The standard InChI is InChI=1S/C26H44P2.C6H5.ClH.Pt/c1-17(2)21-13-14-22(18(3)4)27(21)25-11-9-10-12-26(25)28-23(19(5)6)15-16-24(28)20(7)8;1-2-4-6-5-3-1;;/h9-12,17-24H,13-16H2,1-8H3;1-5H;1H;/q;-1;;+2/p-1/t21-,22-,23-,24-;;;/m1.../s1. The van der Waals surface area contributed by atoms with Crippen LogP contribution in [0.4, 0.5) is 0 Å². The SMILES string of the molecule is CC(C)[C@H]1CC[C@H](C(C)C)P1c1ccccc1P1[C@@H](C(C)C)CC[C@@H]1C(C)C.[Cl][Pt+].[c-]1ccccc1. The van der Waals surface area contributed by atoms with Gasteiger partial charge in [0.15, 0.2) is 0 Å². The first-order valence-electron chi connectivity index (χ1n) is 13.9. The summed E-state index contributed by atoms with van der Waals surface area (Å²) in [5.41, 5.74) is 3.71. The third-order valence-electron chi connectivity index (χ3n) is 8.07. The zero-order chi connectivity index (χ0) is 26.8. The number of halogens is 1. The van der Waals surface area contributed by atoms with E-state index in [4.69, 9.17) is 0 Å². The number of hydrogen-bond acceptors (Lipinski definition) is 0. The molecule has 0 aliphatic carbocycles. The molecule has 0 nitrogen and oxygen atoms in total. The van der Waals surface area contributed by atoms with Gasteiger partial charge in [0.2, 0.25) is 0 Å². The summed E-state index contributed by atoms with van der Waals surface area (Å²) in [6, 6.07) is 22.4. The Morgan fingerprint density at radius 3 is 1.08 bits per heavy atom. The fourth-order valence-electron chi connectivity index (χ4n) is 6.31. The monoisotopic (exact) mass is 725 g/mol. The van der Waals surface area contributed by atoms with Gasteiger partial charge >= 0.3 is 28.2 Å². The molecule has 0 spiro atoms. The van der Waals surface area contributed by atoms with Crippen LogP contribution in [0.25, 0.3) is 0 Å². The molecule has 4 rings (SSSR count). The summed E-state index contributed by atoms with van der Waals surface area (Å²) in [6.45, 7) is 19.9. The molecule has 0 bridgehead atoms. The Labute approximate surface area is 241 Å². The molecule has 0 N–H and O–H groups in total. The molecule has 2 aromatic carbocycles. The summed E-state index contributed by atoms with van der Waals surface area (Å²) in [4.78, 5) is 0. The maximum atomic E-state index is 4.61. The van der Waals surface area contributed by atoms with Crippen LogP contribution < -0.4 is 10.6 Å². The minimum absolute atomic E-state index is 0.0433. The van der Waals surface area contributed by atoms with Crippen molar-refractivity contribution >= 4 is 35.9 Å². The Morgan fingerprint density at radius 2 is 0.889 bits per heavy atom. The van der Waals surface area contributed by atoms with Crippen molar-refractivity contribution < 1.29 is 18.8 Å². The summed E-state index contributed by atoms with van der Waals surface area (Å²) < 4.78 is 0. The van der Waals surface area contributed by atoms with E-state index in [1.54, 1.807) is 18.8 Å². The summed E-state index contributed by atoms with van der Waals surface area (Å²) in [6.07, 6.45) is 5.83. The second-order valence-electron chi connectivity index (χ2n) is 11.8. The van der Waals surface area contributed by atoms with E-state index in [-0.39, 0.29) is 15.8 Å². The van der Waals surface area contributed by atoms with Gasteiger partial charge < -0.3 is 0 Å². The van der Waals surface area contributed by atoms with Gasteiger partial charge in [-0.15, -0.1) is 0 Å². The molecule has 0 unspecified atom stereocenters. The van der Waals surface area contributed by atoms with E-state index in [9.17, 15) is 0 Å². The summed E-state index contributed by atoms with van der Waals surface area (Å²) >= 11 is 1.61. The van der Waals surface area contributed by atoms with Gasteiger partial charge in [-0.25, -0.2) is 0 Å². The number of rotatable bonds is 6. The minimum Gasteiger partial charge on any atom is -0.184 e. The van der Waals surface area contributed by atoms with Crippen LogP contribution in [-0.2, 0) is 18.8 Å². The largest absolute Gasteiger partial charge is 0.184 e. The maximum Gasteiger partial charge on any atom is -0.171 e. The van der Waals surface area contributed by atoms with Gasteiger partial charge in [-0.1, -0.05) is 95.5 Å². The number of benzene rings is 2. The molecule has 0 amide bonds. The average molecular weight is 726 g/mol. The molecule has 0 saturated carbocycles. The topological polar surface area (TPSA) is 0 Å². The van der Waals surface area contributed by atoms with Gasteiger partial charge in [0.25, 0.3) is 0 Å². The van der Waals surface area contributed by atoms with Crippen molar-refractivity contribution in [2.24, 2.45) is 23.7 Å². The number of hydrogen-bond donors (Lipinski definition) is 0. The van der Waals surface area contributed by atoms with Crippen molar-refractivity contribution in [2.75, 3.05) is 0 Å². The van der Waals surface area contributed by atoms with E-state index >= 15 is 0 Å². The van der Waals surface area contributed by atoms with Crippen LogP contribution in [0.5, 0.6) is 0 Å². The van der Waals surface area contributed by atoms with Crippen molar-refractivity contribution in [2.45, 2.75) is 104 Å². The first kappa shape index (κ1) is 32.5. The Morgan fingerprint density at radius 1 is 0.583 bits per heavy atom. The van der Waals surface area contributed by atoms with Crippen molar-refractivity contribution in [3.8, 4) is 0 Å². The molecule has 2 saturated heterocycles. The zero-order valence-electron chi connectivity index (χ0n) is 23.7. The summed E-state index contributed by atoms with van der Waals surface area (Å²) in [5, 5.41) is 3.66. The predicted octanol–water partition coefficient (Wildman–Crippen LogP) is 9.76. The summed E-state index contributed by atoms with van der Waals surface area (Å²) in [5.74, 6) is 3.28. The third-order valence-corrected chi connectivity index (χ3v) is 16.4. The Bertz CT molecular complexity index is 741. The second-order valence-corrected chi connectivity index (χ2v) is 17.0. The smallest absolute Gasteiger partial charge is 0.171 e. The minimum atomic E-state index is -0.0433. The van der Waals surface area contributed by atoms with E-state index in [1.165, 1.54) is 25.7 Å². The predicted molar refractivity (Wildman–Crippen MR) is 164 cm³/mol. The fraction of sp³-hybridized carbons (Fsp3) is 0.625. The van der Waals surface area contributed by atoms with Gasteiger partial charge in [-0.3, -0.25) is 0 Å². The molecule has 2 aromatic rings. The quantitative estimate of drug-likeness (QED) is 0.206. The molecule has 36 heavy (non-hydrogen) atoms. The third kappa shape index (κ3) is 8.39. The molecule has 204 valence electrons. The first-order valence-corrected chi connectivity index (χ1v) is 19.7. The molecular formula is C32H49ClP2Pt. The van der Waals surface area contributed by atoms with Gasteiger partial charge in [0.1, 0.15) is 0 Å². The first-order chi connectivity index (χ1) is 17.2. The zero-order valence-corrected chi connectivity index (χ0v) is 28.5. The van der Waals surface area contributed by atoms with E-state index < -0.39 is 0 Å². The average Bonchev–Trinajstić information content (AvgIpc) is 3.52.